The van der Waals surface area contributed by atoms with Crippen LogP contribution in [0, 0.1) is 0 Å². The number of thiophene rings is 1. The monoisotopic (exact) mass is 303 g/mol. The van der Waals surface area contributed by atoms with Crippen molar-refractivity contribution in [3.05, 3.63) is 34.7 Å². The standard InChI is InChI=1S/C13H12F3NO2S/c1-19-6-9-8-4-2-3-5-10(8)20-11(9)12(18)17-7-13(14,15)16/h2-5H,6-7H2,1H3,(H,17,18). The Morgan fingerprint density at radius 2 is 2.05 bits per heavy atom. The van der Waals surface area contributed by atoms with Crippen LogP contribution in [-0.4, -0.2) is 25.7 Å². The lowest BCUT2D eigenvalue weighted by atomic mass is 10.1. The maximum atomic E-state index is 12.1. The van der Waals surface area contributed by atoms with Crippen molar-refractivity contribution >= 4 is 27.3 Å². The van der Waals surface area contributed by atoms with Crippen LogP contribution in [0.5, 0.6) is 0 Å². The molecule has 0 aliphatic carbocycles. The zero-order chi connectivity index (χ0) is 14.8. The summed E-state index contributed by atoms with van der Waals surface area (Å²) in [7, 11) is 1.48. The number of rotatable bonds is 4. The molecular formula is C13H12F3NO2S. The van der Waals surface area contributed by atoms with Crippen LogP contribution in [-0.2, 0) is 11.3 Å². The first-order valence-corrected chi connectivity index (χ1v) is 6.58. The highest BCUT2D eigenvalue weighted by Crippen LogP contribution is 2.31. The molecule has 20 heavy (non-hydrogen) atoms. The van der Waals surface area contributed by atoms with E-state index in [9.17, 15) is 18.0 Å². The van der Waals surface area contributed by atoms with Crippen LogP contribution in [0.1, 0.15) is 15.2 Å². The molecule has 1 amide bonds. The summed E-state index contributed by atoms with van der Waals surface area (Å²) in [5.41, 5.74) is 0.618. The predicted octanol–water partition coefficient (Wildman–Crippen LogP) is 3.34. The van der Waals surface area contributed by atoms with Crippen LogP contribution >= 0.6 is 11.3 Å². The Morgan fingerprint density at radius 1 is 1.35 bits per heavy atom. The number of fused-ring (bicyclic) bond motifs is 1. The first-order chi connectivity index (χ1) is 9.42. The largest absolute Gasteiger partial charge is 0.405 e. The van der Waals surface area contributed by atoms with Crippen molar-refractivity contribution in [2.45, 2.75) is 12.8 Å². The Labute approximate surface area is 117 Å². The minimum absolute atomic E-state index is 0.179. The zero-order valence-corrected chi connectivity index (χ0v) is 11.4. The van der Waals surface area contributed by atoms with Crippen LogP contribution < -0.4 is 5.32 Å². The summed E-state index contributed by atoms with van der Waals surface area (Å²) in [6.07, 6.45) is -4.42. The SMILES string of the molecule is COCc1c(C(=O)NCC(F)(F)F)sc2ccccc12. The molecule has 0 aliphatic rings. The third-order valence-electron chi connectivity index (χ3n) is 2.64. The summed E-state index contributed by atoms with van der Waals surface area (Å²) in [4.78, 5) is 12.2. The third kappa shape index (κ3) is 3.29. The van der Waals surface area contributed by atoms with Gasteiger partial charge in [-0.05, 0) is 11.5 Å². The van der Waals surface area contributed by atoms with Gasteiger partial charge in [0.25, 0.3) is 5.91 Å². The van der Waals surface area contributed by atoms with Gasteiger partial charge >= 0.3 is 6.18 Å². The van der Waals surface area contributed by atoms with E-state index in [-0.39, 0.29) is 11.5 Å². The average molecular weight is 303 g/mol. The van der Waals surface area contributed by atoms with Gasteiger partial charge in [0.05, 0.1) is 11.5 Å². The number of hydrogen-bond acceptors (Lipinski definition) is 3. The molecule has 1 N–H and O–H groups in total. The van der Waals surface area contributed by atoms with Crippen molar-refractivity contribution in [2.75, 3.05) is 13.7 Å². The molecule has 0 unspecified atom stereocenters. The lowest BCUT2D eigenvalue weighted by molar-refractivity contribution is -0.123. The number of nitrogens with one attached hydrogen (secondary N) is 1. The highest BCUT2D eigenvalue weighted by atomic mass is 32.1. The zero-order valence-electron chi connectivity index (χ0n) is 10.6. The van der Waals surface area contributed by atoms with Gasteiger partial charge in [-0.2, -0.15) is 13.2 Å². The molecule has 1 aromatic carbocycles. The molecule has 2 rings (SSSR count). The van der Waals surface area contributed by atoms with Gasteiger partial charge in [-0.3, -0.25) is 4.79 Å². The maximum Gasteiger partial charge on any atom is 0.405 e. The summed E-state index contributed by atoms with van der Waals surface area (Å²) >= 11 is 1.16. The maximum absolute atomic E-state index is 12.1. The van der Waals surface area contributed by atoms with Gasteiger partial charge in [-0.25, -0.2) is 0 Å². The Kier molecular flexibility index (Phi) is 4.29. The Balaban J connectivity index is 2.32. The van der Waals surface area contributed by atoms with Gasteiger partial charge in [0.2, 0.25) is 0 Å². The van der Waals surface area contributed by atoms with Crippen LogP contribution in [0.25, 0.3) is 10.1 Å². The second-order valence-electron chi connectivity index (χ2n) is 4.14. The molecule has 7 heteroatoms. The smallest absolute Gasteiger partial charge is 0.380 e. The van der Waals surface area contributed by atoms with E-state index >= 15 is 0 Å². The molecule has 0 saturated carbocycles. The fraction of sp³-hybridized carbons (Fsp3) is 0.308. The van der Waals surface area contributed by atoms with Crippen molar-refractivity contribution in [1.29, 1.82) is 0 Å². The van der Waals surface area contributed by atoms with Crippen LogP contribution in [0.2, 0.25) is 0 Å². The van der Waals surface area contributed by atoms with E-state index in [4.69, 9.17) is 4.74 Å². The summed E-state index contributed by atoms with van der Waals surface area (Å²) in [6.45, 7) is -1.16. The molecule has 0 radical (unpaired) electrons. The van der Waals surface area contributed by atoms with E-state index in [0.717, 1.165) is 21.4 Å². The van der Waals surface area contributed by atoms with Gasteiger partial charge in [-0.15, -0.1) is 11.3 Å². The van der Waals surface area contributed by atoms with Crippen molar-refractivity contribution in [2.24, 2.45) is 0 Å². The lowest BCUT2D eigenvalue weighted by Crippen LogP contribution is -2.33. The molecule has 0 atom stereocenters. The van der Waals surface area contributed by atoms with E-state index in [0.29, 0.717) is 5.56 Å². The number of halogens is 3. The number of ether oxygens (including phenoxy) is 1. The third-order valence-corrected chi connectivity index (χ3v) is 3.85. The summed E-state index contributed by atoms with van der Waals surface area (Å²) < 4.78 is 42.3. The Morgan fingerprint density at radius 3 is 2.70 bits per heavy atom. The number of amides is 1. The van der Waals surface area contributed by atoms with E-state index in [1.165, 1.54) is 7.11 Å². The van der Waals surface area contributed by atoms with Gasteiger partial charge in [0.1, 0.15) is 6.54 Å². The van der Waals surface area contributed by atoms with E-state index < -0.39 is 18.6 Å². The summed E-state index contributed by atoms with van der Waals surface area (Å²) in [5, 5.41) is 2.72. The highest BCUT2D eigenvalue weighted by molar-refractivity contribution is 7.21. The number of methoxy groups -OCH3 is 1. The quantitative estimate of drug-likeness (QED) is 0.941. The van der Waals surface area contributed by atoms with Gasteiger partial charge in [0, 0.05) is 17.4 Å². The Hall–Kier alpha value is -1.60. The Bertz CT molecular complexity index is 622. The van der Waals surface area contributed by atoms with E-state index in [2.05, 4.69) is 0 Å². The number of benzene rings is 1. The minimum Gasteiger partial charge on any atom is -0.380 e. The lowest BCUT2D eigenvalue weighted by Gasteiger charge is -2.08. The van der Waals surface area contributed by atoms with Crippen molar-refractivity contribution in [3.8, 4) is 0 Å². The number of alkyl halides is 3. The first-order valence-electron chi connectivity index (χ1n) is 5.76. The summed E-state index contributed by atoms with van der Waals surface area (Å²) in [6, 6.07) is 7.26. The molecule has 3 nitrogen and oxygen atoms in total. The predicted molar refractivity (Wildman–Crippen MR) is 70.9 cm³/mol. The van der Waals surface area contributed by atoms with Crippen LogP contribution in [0.15, 0.2) is 24.3 Å². The summed E-state index contributed by atoms with van der Waals surface area (Å²) in [5.74, 6) is -0.726. The van der Waals surface area contributed by atoms with Crippen molar-refractivity contribution < 1.29 is 22.7 Å². The van der Waals surface area contributed by atoms with Crippen molar-refractivity contribution in [1.82, 2.24) is 5.32 Å². The van der Waals surface area contributed by atoms with Gasteiger partial charge < -0.3 is 10.1 Å². The molecule has 0 bridgehead atoms. The molecule has 0 aliphatic heterocycles. The molecule has 0 fully saturated rings. The molecule has 1 heterocycles. The van der Waals surface area contributed by atoms with E-state index in [1.807, 2.05) is 29.6 Å². The number of carbonyl (C=O) groups excluding carboxylic acids is 1. The van der Waals surface area contributed by atoms with Crippen LogP contribution in [0.4, 0.5) is 13.2 Å². The minimum atomic E-state index is -4.42. The van der Waals surface area contributed by atoms with Crippen LogP contribution in [0.3, 0.4) is 0 Å². The number of hydrogen-bond donors (Lipinski definition) is 1. The second-order valence-corrected chi connectivity index (χ2v) is 5.19. The highest BCUT2D eigenvalue weighted by Gasteiger charge is 2.29. The molecule has 2 aromatic rings. The number of carbonyl (C=O) groups is 1. The fourth-order valence-electron chi connectivity index (χ4n) is 1.83. The topological polar surface area (TPSA) is 38.3 Å². The normalized spacial score (nSPS) is 11.8. The first kappa shape index (κ1) is 14.8. The second kappa shape index (κ2) is 5.80. The molecule has 0 spiro atoms. The molecule has 108 valence electrons. The molecular weight excluding hydrogens is 291 g/mol. The van der Waals surface area contributed by atoms with Crippen molar-refractivity contribution in [3.63, 3.8) is 0 Å². The fourth-order valence-corrected chi connectivity index (χ4v) is 2.96. The van der Waals surface area contributed by atoms with E-state index in [1.54, 1.807) is 0 Å². The molecule has 0 saturated heterocycles. The molecule has 1 aromatic heterocycles. The van der Waals surface area contributed by atoms with Gasteiger partial charge in [-0.1, -0.05) is 18.2 Å². The average Bonchev–Trinajstić information content (AvgIpc) is 2.75. The van der Waals surface area contributed by atoms with Gasteiger partial charge in [0.15, 0.2) is 0 Å².